The molecular formula is C26H24FN3O4S2. The standard InChI is InChI=1S/C26H24FN3O4S2/c27-21-9-5-4-8-19(21)17-28-25(32)22(29-24(31)18-6-2-1-3-7-18)16-20-10-11-23(34-20)36-26(35)30-12-14-33-15-13-30/h1-11,16H,12-15,17H2,(H,28,32)(H,29,31)/b22-16-. The zero-order valence-electron chi connectivity index (χ0n) is 19.2. The number of amides is 2. The van der Waals surface area contributed by atoms with Crippen LogP contribution in [0.15, 0.2) is 81.9 Å². The molecule has 1 aromatic heterocycles. The van der Waals surface area contributed by atoms with E-state index in [0.29, 0.717) is 39.5 Å². The number of benzene rings is 2. The molecule has 186 valence electrons. The second-order valence-electron chi connectivity index (χ2n) is 7.78. The van der Waals surface area contributed by atoms with Gasteiger partial charge in [0.1, 0.15) is 21.6 Å². The number of nitrogens with zero attached hydrogens (tertiary/aromatic N) is 1. The van der Waals surface area contributed by atoms with Gasteiger partial charge in [-0.15, -0.1) is 0 Å². The summed E-state index contributed by atoms with van der Waals surface area (Å²) in [5, 5.41) is 5.84. The Balaban J connectivity index is 1.49. The van der Waals surface area contributed by atoms with Crippen LogP contribution in [-0.2, 0) is 16.1 Å². The molecule has 0 spiro atoms. The maximum atomic E-state index is 14.0. The van der Waals surface area contributed by atoms with Crippen molar-refractivity contribution in [3.8, 4) is 0 Å². The van der Waals surface area contributed by atoms with Gasteiger partial charge in [0.25, 0.3) is 11.8 Å². The third kappa shape index (κ3) is 7.03. The van der Waals surface area contributed by atoms with E-state index in [-0.39, 0.29) is 12.2 Å². The summed E-state index contributed by atoms with van der Waals surface area (Å²) in [6.45, 7) is 2.64. The number of morpholine rings is 1. The van der Waals surface area contributed by atoms with Gasteiger partial charge >= 0.3 is 0 Å². The zero-order valence-corrected chi connectivity index (χ0v) is 20.9. The molecule has 2 amide bonds. The molecule has 2 heterocycles. The molecule has 3 aromatic rings. The van der Waals surface area contributed by atoms with Gasteiger partial charge in [-0.3, -0.25) is 9.59 Å². The van der Waals surface area contributed by atoms with Gasteiger partial charge in [-0.2, -0.15) is 0 Å². The fourth-order valence-corrected chi connectivity index (χ4v) is 4.55. The lowest BCUT2D eigenvalue weighted by molar-refractivity contribution is -0.117. The van der Waals surface area contributed by atoms with Crippen molar-refractivity contribution in [2.75, 3.05) is 26.3 Å². The van der Waals surface area contributed by atoms with E-state index in [0.717, 1.165) is 13.1 Å². The molecule has 36 heavy (non-hydrogen) atoms. The van der Waals surface area contributed by atoms with E-state index in [1.165, 1.54) is 23.9 Å². The smallest absolute Gasteiger partial charge is 0.268 e. The number of rotatable bonds is 7. The second kappa shape index (κ2) is 12.5. The minimum absolute atomic E-state index is 0.0400. The molecule has 10 heteroatoms. The summed E-state index contributed by atoms with van der Waals surface area (Å²) in [4.78, 5) is 27.8. The number of halogens is 1. The Kier molecular flexibility index (Phi) is 8.88. The number of furan rings is 1. The molecule has 0 atom stereocenters. The third-order valence-electron chi connectivity index (χ3n) is 5.27. The Morgan fingerprint density at radius 2 is 1.75 bits per heavy atom. The normalized spacial score (nSPS) is 13.8. The molecule has 0 unspecified atom stereocenters. The Morgan fingerprint density at radius 1 is 1.03 bits per heavy atom. The van der Waals surface area contributed by atoms with Crippen LogP contribution < -0.4 is 10.6 Å². The molecule has 0 aliphatic carbocycles. The number of carbonyl (C=O) groups excluding carboxylic acids is 2. The van der Waals surface area contributed by atoms with Gasteiger partial charge in [-0.1, -0.05) is 48.6 Å². The topological polar surface area (TPSA) is 83.8 Å². The van der Waals surface area contributed by atoms with Gasteiger partial charge < -0.3 is 24.7 Å². The van der Waals surface area contributed by atoms with Crippen molar-refractivity contribution in [3.63, 3.8) is 0 Å². The van der Waals surface area contributed by atoms with E-state index in [1.807, 2.05) is 4.90 Å². The van der Waals surface area contributed by atoms with Crippen molar-refractivity contribution >= 4 is 46.2 Å². The molecule has 0 bridgehead atoms. The van der Waals surface area contributed by atoms with Crippen molar-refractivity contribution in [1.82, 2.24) is 15.5 Å². The zero-order chi connectivity index (χ0) is 25.3. The van der Waals surface area contributed by atoms with E-state index >= 15 is 0 Å². The van der Waals surface area contributed by atoms with Gasteiger partial charge in [-0.05, 0) is 42.1 Å². The van der Waals surface area contributed by atoms with Crippen LogP contribution in [0.2, 0.25) is 0 Å². The fraction of sp³-hybridized carbons (Fsp3) is 0.192. The Morgan fingerprint density at radius 3 is 2.50 bits per heavy atom. The molecule has 7 nitrogen and oxygen atoms in total. The van der Waals surface area contributed by atoms with Crippen LogP contribution in [0, 0.1) is 5.82 Å². The molecule has 2 aromatic carbocycles. The largest absolute Gasteiger partial charge is 0.450 e. The average Bonchev–Trinajstić information content (AvgIpc) is 3.35. The second-order valence-corrected chi connectivity index (χ2v) is 9.41. The van der Waals surface area contributed by atoms with E-state index in [2.05, 4.69) is 10.6 Å². The average molecular weight is 526 g/mol. The number of hydrogen-bond donors (Lipinski definition) is 2. The number of thioether (sulfide) groups is 1. The highest BCUT2D eigenvalue weighted by atomic mass is 32.2. The molecule has 4 rings (SSSR count). The quantitative estimate of drug-likeness (QED) is 0.272. The molecule has 0 radical (unpaired) electrons. The van der Waals surface area contributed by atoms with Crippen molar-refractivity contribution in [3.05, 3.63) is 95.1 Å². The highest BCUT2D eigenvalue weighted by Crippen LogP contribution is 2.25. The van der Waals surface area contributed by atoms with E-state index in [4.69, 9.17) is 21.4 Å². The summed E-state index contributed by atoms with van der Waals surface area (Å²) in [7, 11) is 0. The molecule has 1 aliphatic rings. The maximum absolute atomic E-state index is 14.0. The molecule has 1 fully saturated rings. The molecule has 2 N–H and O–H groups in total. The number of hydrogen-bond acceptors (Lipinski definition) is 6. The molecular weight excluding hydrogens is 501 g/mol. The number of thiocarbonyl (C=S) groups is 1. The molecule has 0 saturated carbocycles. The highest BCUT2D eigenvalue weighted by Gasteiger charge is 2.18. The van der Waals surface area contributed by atoms with Crippen LogP contribution in [0.1, 0.15) is 21.7 Å². The Bertz CT molecular complexity index is 1260. The predicted molar refractivity (Wildman–Crippen MR) is 140 cm³/mol. The molecule has 1 aliphatic heterocycles. The van der Waals surface area contributed by atoms with E-state index in [1.54, 1.807) is 60.7 Å². The van der Waals surface area contributed by atoms with Crippen LogP contribution in [0.3, 0.4) is 0 Å². The lowest BCUT2D eigenvalue weighted by Gasteiger charge is -2.28. The minimum Gasteiger partial charge on any atom is -0.450 e. The fourth-order valence-electron chi connectivity index (χ4n) is 3.36. The minimum atomic E-state index is -0.586. The summed E-state index contributed by atoms with van der Waals surface area (Å²) < 4.78 is 25.9. The number of carbonyl (C=O) groups is 2. The van der Waals surface area contributed by atoms with Crippen molar-refractivity contribution in [1.29, 1.82) is 0 Å². The monoisotopic (exact) mass is 525 g/mol. The van der Waals surface area contributed by atoms with Gasteiger partial charge in [-0.25, -0.2) is 4.39 Å². The van der Waals surface area contributed by atoms with E-state index < -0.39 is 17.6 Å². The number of ether oxygens (including phenoxy) is 1. The van der Waals surface area contributed by atoms with Gasteiger partial charge in [0, 0.05) is 36.8 Å². The van der Waals surface area contributed by atoms with Crippen LogP contribution in [-0.4, -0.2) is 47.3 Å². The van der Waals surface area contributed by atoms with Crippen molar-refractivity contribution < 1.29 is 23.1 Å². The molecule has 1 saturated heterocycles. The maximum Gasteiger partial charge on any atom is 0.268 e. The van der Waals surface area contributed by atoms with Gasteiger partial charge in [0.05, 0.1) is 13.2 Å². The highest BCUT2D eigenvalue weighted by molar-refractivity contribution is 8.22. The lowest BCUT2D eigenvalue weighted by Crippen LogP contribution is -2.38. The van der Waals surface area contributed by atoms with Crippen molar-refractivity contribution in [2.24, 2.45) is 0 Å². The number of nitrogens with one attached hydrogen (secondary N) is 2. The summed E-state index contributed by atoms with van der Waals surface area (Å²) in [5.41, 5.74) is 0.673. The van der Waals surface area contributed by atoms with Crippen LogP contribution in [0.4, 0.5) is 4.39 Å². The summed E-state index contributed by atoms with van der Waals surface area (Å²) in [6, 6.07) is 18.1. The first-order chi connectivity index (χ1) is 17.5. The SMILES string of the molecule is O=C(NCc1ccccc1F)/C(=C/c1ccc(SC(=S)N2CCOCC2)o1)NC(=O)c1ccccc1. The Labute approximate surface area is 217 Å². The first kappa shape index (κ1) is 25.6. The van der Waals surface area contributed by atoms with Gasteiger partial charge in [0.15, 0.2) is 5.09 Å². The van der Waals surface area contributed by atoms with Crippen molar-refractivity contribution in [2.45, 2.75) is 11.6 Å². The van der Waals surface area contributed by atoms with Crippen LogP contribution >= 0.6 is 24.0 Å². The first-order valence-corrected chi connectivity index (χ1v) is 12.5. The van der Waals surface area contributed by atoms with Crippen LogP contribution in [0.25, 0.3) is 6.08 Å². The Hall–Kier alpha value is -3.47. The summed E-state index contributed by atoms with van der Waals surface area (Å²) in [6.07, 6.45) is 1.43. The third-order valence-corrected chi connectivity index (χ3v) is 6.63. The predicted octanol–water partition coefficient (Wildman–Crippen LogP) is 4.22. The van der Waals surface area contributed by atoms with Gasteiger partial charge in [0.2, 0.25) is 0 Å². The summed E-state index contributed by atoms with van der Waals surface area (Å²) in [5.74, 6) is -1.12. The lowest BCUT2D eigenvalue weighted by atomic mass is 10.2. The van der Waals surface area contributed by atoms with E-state index in [9.17, 15) is 14.0 Å². The first-order valence-electron chi connectivity index (χ1n) is 11.2. The summed E-state index contributed by atoms with van der Waals surface area (Å²) >= 11 is 6.81. The van der Waals surface area contributed by atoms with Crippen LogP contribution in [0.5, 0.6) is 0 Å².